The molecule has 6 nitrogen and oxygen atoms in total. The van der Waals surface area contributed by atoms with Crippen molar-refractivity contribution in [2.45, 2.75) is 27.2 Å². The fourth-order valence-corrected chi connectivity index (χ4v) is 2.80. The average Bonchev–Trinajstić information content (AvgIpc) is 2.47. The highest BCUT2D eigenvalue weighted by Crippen LogP contribution is 2.32. The summed E-state index contributed by atoms with van der Waals surface area (Å²) in [6, 6.07) is 4.60. The maximum absolute atomic E-state index is 11.5. The Morgan fingerprint density at radius 3 is 1.96 bits per heavy atom. The molecule has 0 aliphatic rings. The van der Waals surface area contributed by atoms with E-state index in [1.807, 2.05) is 0 Å². The molecule has 126 valence electrons. The lowest BCUT2D eigenvalue weighted by Gasteiger charge is -2.15. The van der Waals surface area contributed by atoms with E-state index in [4.69, 9.17) is 5.11 Å². The predicted molar refractivity (Wildman–Crippen MR) is 87.1 cm³/mol. The highest BCUT2D eigenvalue weighted by atomic mass is 16.4. The van der Waals surface area contributed by atoms with E-state index >= 15 is 0 Å². The predicted octanol–water partition coefficient (Wildman–Crippen LogP) is 3.01. The molecule has 0 saturated heterocycles. The van der Waals surface area contributed by atoms with E-state index in [9.17, 15) is 24.9 Å². The highest BCUT2D eigenvalue weighted by Gasteiger charge is 2.21. The summed E-state index contributed by atoms with van der Waals surface area (Å²) < 4.78 is 0. The molecular weight excluding hydrogens is 312 g/mol. The first-order valence-electron chi connectivity index (χ1n) is 7.24. The molecule has 0 aliphatic carbocycles. The maximum atomic E-state index is 11.5. The molecule has 0 atom stereocenters. The van der Waals surface area contributed by atoms with Crippen molar-refractivity contribution in [1.82, 2.24) is 0 Å². The van der Waals surface area contributed by atoms with Crippen molar-refractivity contribution >= 4 is 11.9 Å². The molecule has 0 aliphatic heterocycles. The fraction of sp³-hybridized carbons (Fsp3) is 0.222. The number of carboxylic acid groups (broad SMARTS) is 2. The van der Waals surface area contributed by atoms with Crippen LogP contribution in [-0.4, -0.2) is 32.4 Å². The number of aromatic hydroxyl groups is 2. The molecule has 24 heavy (non-hydrogen) atoms. The Balaban J connectivity index is 2.63. The summed E-state index contributed by atoms with van der Waals surface area (Å²) in [5.41, 5.74) is 2.05. The van der Waals surface area contributed by atoms with Crippen LogP contribution in [0.1, 0.15) is 48.5 Å². The number of hydrogen-bond donors (Lipinski definition) is 4. The SMILES string of the molecule is Cc1cc(Cc2c(C)cc(C)c(O)c2C(=O)O)cc(C(=O)O)c1O. The molecule has 4 N–H and O–H groups in total. The van der Waals surface area contributed by atoms with Gasteiger partial charge in [0.05, 0.1) is 0 Å². The maximum Gasteiger partial charge on any atom is 0.339 e. The topological polar surface area (TPSA) is 115 Å². The van der Waals surface area contributed by atoms with E-state index in [0.717, 1.165) is 0 Å². The lowest BCUT2D eigenvalue weighted by molar-refractivity contribution is 0.0681. The van der Waals surface area contributed by atoms with Crippen LogP contribution in [-0.2, 0) is 6.42 Å². The van der Waals surface area contributed by atoms with Crippen LogP contribution in [0.15, 0.2) is 18.2 Å². The second kappa shape index (κ2) is 6.23. The van der Waals surface area contributed by atoms with Crippen LogP contribution in [0.2, 0.25) is 0 Å². The number of aromatic carboxylic acids is 2. The number of rotatable bonds is 4. The zero-order valence-electron chi connectivity index (χ0n) is 13.5. The molecular formula is C18H18O6. The van der Waals surface area contributed by atoms with E-state index in [-0.39, 0.29) is 29.0 Å². The van der Waals surface area contributed by atoms with Gasteiger partial charge < -0.3 is 20.4 Å². The zero-order valence-corrected chi connectivity index (χ0v) is 13.5. The van der Waals surface area contributed by atoms with Gasteiger partial charge in [-0.3, -0.25) is 0 Å². The summed E-state index contributed by atoms with van der Waals surface area (Å²) in [5.74, 6) is -3.12. The number of aryl methyl sites for hydroxylation is 3. The molecule has 0 amide bonds. The summed E-state index contributed by atoms with van der Waals surface area (Å²) >= 11 is 0. The van der Waals surface area contributed by atoms with Crippen molar-refractivity contribution in [2.24, 2.45) is 0 Å². The minimum atomic E-state index is -1.26. The molecule has 0 spiro atoms. The first kappa shape index (κ1) is 17.3. The third-order valence-electron chi connectivity index (χ3n) is 4.01. The van der Waals surface area contributed by atoms with Gasteiger partial charge in [-0.05, 0) is 61.1 Å². The Kier molecular flexibility index (Phi) is 4.50. The summed E-state index contributed by atoms with van der Waals surface area (Å²) in [6.07, 6.45) is 0.128. The quantitative estimate of drug-likeness (QED) is 0.685. The average molecular weight is 330 g/mol. The minimum Gasteiger partial charge on any atom is -0.507 e. The van der Waals surface area contributed by atoms with Crippen LogP contribution < -0.4 is 0 Å². The normalized spacial score (nSPS) is 10.6. The summed E-state index contributed by atoms with van der Waals surface area (Å²) in [5, 5.41) is 38.5. The van der Waals surface area contributed by atoms with Gasteiger partial charge in [0.15, 0.2) is 0 Å². The van der Waals surface area contributed by atoms with Crippen LogP contribution in [0, 0.1) is 20.8 Å². The van der Waals surface area contributed by atoms with Gasteiger partial charge in [-0.1, -0.05) is 12.1 Å². The Morgan fingerprint density at radius 1 is 0.833 bits per heavy atom. The lowest BCUT2D eigenvalue weighted by atomic mass is 9.91. The molecule has 2 aromatic carbocycles. The number of benzene rings is 2. The molecule has 2 rings (SSSR count). The van der Waals surface area contributed by atoms with Crippen LogP contribution >= 0.6 is 0 Å². The first-order valence-corrected chi connectivity index (χ1v) is 7.24. The Labute approximate surface area is 138 Å². The van der Waals surface area contributed by atoms with E-state index in [1.165, 1.54) is 6.07 Å². The Hall–Kier alpha value is -3.02. The van der Waals surface area contributed by atoms with E-state index in [0.29, 0.717) is 27.8 Å². The summed E-state index contributed by atoms with van der Waals surface area (Å²) in [4.78, 5) is 22.8. The van der Waals surface area contributed by atoms with Crippen molar-refractivity contribution in [3.8, 4) is 11.5 Å². The molecule has 2 aromatic rings. The second-order valence-corrected chi connectivity index (χ2v) is 5.81. The van der Waals surface area contributed by atoms with E-state index in [1.54, 1.807) is 32.9 Å². The standard InChI is InChI=1S/C18H18O6/c1-8-4-9(2)16(20)14(18(23)24)12(8)6-11-5-10(3)15(19)13(7-11)17(21)22/h4-5,7,19-20H,6H2,1-3H3,(H,21,22)(H,23,24). The first-order chi connectivity index (χ1) is 11.1. The molecule has 0 fully saturated rings. The van der Waals surface area contributed by atoms with Gasteiger partial charge in [-0.15, -0.1) is 0 Å². The lowest BCUT2D eigenvalue weighted by Crippen LogP contribution is -2.08. The fourth-order valence-electron chi connectivity index (χ4n) is 2.80. The second-order valence-electron chi connectivity index (χ2n) is 5.81. The summed E-state index contributed by atoms with van der Waals surface area (Å²) in [6.45, 7) is 4.92. The Bertz CT molecular complexity index is 851. The molecule has 0 heterocycles. The van der Waals surface area contributed by atoms with E-state index in [2.05, 4.69) is 0 Å². The zero-order chi connectivity index (χ0) is 18.2. The molecule has 0 bridgehead atoms. The highest BCUT2D eigenvalue weighted by molar-refractivity contribution is 5.94. The van der Waals surface area contributed by atoms with Crippen LogP contribution in [0.3, 0.4) is 0 Å². The van der Waals surface area contributed by atoms with Gasteiger partial charge in [-0.25, -0.2) is 9.59 Å². The van der Waals surface area contributed by atoms with Gasteiger partial charge in [0.2, 0.25) is 0 Å². The van der Waals surface area contributed by atoms with E-state index < -0.39 is 11.9 Å². The van der Waals surface area contributed by atoms with Gasteiger partial charge in [0.1, 0.15) is 22.6 Å². The van der Waals surface area contributed by atoms with Crippen molar-refractivity contribution in [1.29, 1.82) is 0 Å². The molecule has 6 heteroatoms. The number of carbonyl (C=O) groups is 2. The molecule has 0 aromatic heterocycles. The van der Waals surface area contributed by atoms with Gasteiger partial charge >= 0.3 is 11.9 Å². The van der Waals surface area contributed by atoms with Gasteiger partial charge in [-0.2, -0.15) is 0 Å². The smallest absolute Gasteiger partial charge is 0.339 e. The number of carboxylic acids is 2. The minimum absolute atomic E-state index is 0.128. The molecule has 0 radical (unpaired) electrons. The largest absolute Gasteiger partial charge is 0.507 e. The third-order valence-corrected chi connectivity index (χ3v) is 4.01. The van der Waals surface area contributed by atoms with Crippen LogP contribution in [0.4, 0.5) is 0 Å². The van der Waals surface area contributed by atoms with Crippen molar-refractivity contribution < 1.29 is 30.0 Å². The number of hydrogen-bond acceptors (Lipinski definition) is 4. The van der Waals surface area contributed by atoms with Crippen molar-refractivity contribution in [2.75, 3.05) is 0 Å². The van der Waals surface area contributed by atoms with Gasteiger partial charge in [0.25, 0.3) is 0 Å². The van der Waals surface area contributed by atoms with Crippen LogP contribution in [0.5, 0.6) is 11.5 Å². The third kappa shape index (κ3) is 3.03. The molecule has 0 saturated carbocycles. The summed E-state index contributed by atoms with van der Waals surface area (Å²) in [7, 11) is 0. The van der Waals surface area contributed by atoms with Gasteiger partial charge in [0, 0.05) is 0 Å². The van der Waals surface area contributed by atoms with Crippen molar-refractivity contribution in [3.05, 3.63) is 57.1 Å². The van der Waals surface area contributed by atoms with Crippen LogP contribution in [0.25, 0.3) is 0 Å². The monoisotopic (exact) mass is 330 g/mol. The van der Waals surface area contributed by atoms with Crippen molar-refractivity contribution in [3.63, 3.8) is 0 Å². The molecule has 0 unspecified atom stereocenters. The number of phenols is 2. The Morgan fingerprint density at radius 2 is 1.42 bits per heavy atom.